The molecule has 2 N–H and O–H groups in total. The fourth-order valence-electron chi connectivity index (χ4n) is 4.81. The first kappa shape index (κ1) is 22.7. The third kappa shape index (κ3) is 4.52. The Morgan fingerprint density at radius 1 is 1.13 bits per heavy atom. The molecule has 3 atom stereocenters. The fourth-order valence-corrected chi connectivity index (χ4v) is 6.57. The smallest absolute Gasteiger partial charge is 0.304 e. The minimum Gasteiger partial charge on any atom is -0.481 e. The van der Waals surface area contributed by atoms with Crippen LogP contribution in [0.4, 0.5) is 0 Å². The molecule has 1 unspecified atom stereocenters. The number of hydrogen-bond donors (Lipinski definition) is 2. The second-order valence-electron chi connectivity index (χ2n) is 8.76. The lowest BCUT2D eigenvalue weighted by molar-refractivity contribution is -0.140. The molecule has 1 saturated carbocycles. The van der Waals surface area contributed by atoms with Gasteiger partial charge in [0.15, 0.2) is 15.6 Å². The lowest BCUT2D eigenvalue weighted by atomic mass is 9.75. The maximum Gasteiger partial charge on any atom is 0.304 e. The minimum absolute atomic E-state index is 0.0760. The van der Waals surface area contributed by atoms with Crippen LogP contribution < -0.4 is 0 Å². The number of hydrogen-bond acceptors (Lipinski definition) is 5. The number of aliphatic hydroxyl groups is 1. The number of carboxylic acids is 1. The van der Waals surface area contributed by atoms with Crippen LogP contribution in [0.1, 0.15) is 58.3 Å². The van der Waals surface area contributed by atoms with Gasteiger partial charge < -0.3 is 10.2 Å². The van der Waals surface area contributed by atoms with E-state index in [1.807, 2.05) is 0 Å². The summed E-state index contributed by atoms with van der Waals surface area (Å²) < 4.78 is 27.0. The third-order valence-corrected chi connectivity index (χ3v) is 8.83. The number of carboxylic acid groups (broad SMARTS) is 1. The summed E-state index contributed by atoms with van der Waals surface area (Å²) >= 11 is 0. The van der Waals surface area contributed by atoms with E-state index in [1.54, 1.807) is 31.2 Å². The zero-order valence-electron chi connectivity index (χ0n) is 17.3. The van der Waals surface area contributed by atoms with Crippen LogP contribution in [0.3, 0.4) is 0 Å². The topological polar surface area (TPSA) is 109 Å². The summed E-state index contributed by atoms with van der Waals surface area (Å²) in [5, 5.41) is 18.5. The number of Topliss-reactive ketones (excluding diaryl/α,β-unsaturated/α-hetero) is 1. The van der Waals surface area contributed by atoms with Crippen LogP contribution in [0.15, 0.2) is 46.9 Å². The summed E-state index contributed by atoms with van der Waals surface area (Å²) in [5.74, 6) is -1.64. The van der Waals surface area contributed by atoms with Gasteiger partial charge in [0.05, 0.1) is 17.4 Å². The first-order valence-corrected chi connectivity index (χ1v) is 12.1. The van der Waals surface area contributed by atoms with Crippen LogP contribution in [0.25, 0.3) is 0 Å². The average molecular weight is 435 g/mol. The number of carbonyl (C=O) groups excluding carboxylic acids is 1. The predicted molar refractivity (Wildman–Crippen MR) is 113 cm³/mol. The van der Waals surface area contributed by atoms with E-state index < -0.39 is 32.6 Å². The number of aliphatic carboxylic acids is 1. The van der Waals surface area contributed by atoms with E-state index in [1.165, 1.54) is 12.1 Å². The average Bonchev–Trinajstić information content (AvgIpc) is 2.99. The van der Waals surface area contributed by atoms with Crippen LogP contribution in [0.2, 0.25) is 0 Å². The van der Waals surface area contributed by atoms with Crippen LogP contribution >= 0.6 is 0 Å². The van der Waals surface area contributed by atoms with Gasteiger partial charge in [-0.15, -0.1) is 0 Å². The Morgan fingerprint density at radius 2 is 1.77 bits per heavy atom. The SMILES string of the molecule is C[C@@]1(CC(=O)O)C(CC(C(=O)C2CCCCC2)S(=O)(=O)c2ccccc2)=CC[C@@H]1O. The van der Waals surface area contributed by atoms with Gasteiger partial charge in [0, 0.05) is 11.3 Å². The standard InChI is InChI=1S/C23H30O6S/c1-23(15-21(25)26)17(12-13-20(23)24)14-19(22(27)16-8-4-2-5-9-16)30(28,29)18-10-6-3-7-11-18/h3,6-7,10-12,16,19-20,24H,2,4-5,8-9,13-15H2,1H3,(H,25,26)/t19?,20-,23+/m0/s1. The summed E-state index contributed by atoms with van der Waals surface area (Å²) in [6.07, 6.45) is 4.93. The van der Waals surface area contributed by atoms with Gasteiger partial charge in [-0.25, -0.2) is 8.42 Å². The molecule has 2 aliphatic carbocycles. The largest absolute Gasteiger partial charge is 0.481 e. The van der Waals surface area contributed by atoms with Crippen molar-refractivity contribution >= 4 is 21.6 Å². The van der Waals surface area contributed by atoms with Gasteiger partial charge in [0.25, 0.3) is 0 Å². The lowest BCUT2D eigenvalue weighted by Gasteiger charge is -2.33. The van der Waals surface area contributed by atoms with Gasteiger partial charge in [-0.05, 0) is 37.8 Å². The molecule has 1 fully saturated rings. The van der Waals surface area contributed by atoms with Gasteiger partial charge in [-0.3, -0.25) is 9.59 Å². The summed E-state index contributed by atoms with van der Waals surface area (Å²) in [5.41, 5.74) is -0.533. The summed E-state index contributed by atoms with van der Waals surface area (Å²) in [4.78, 5) is 24.9. The maximum absolute atomic E-state index is 13.5. The second-order valence-corrected chi connectivity index (χ2v) is 10.9. The van der Waals surface area contributed by atoms with Crippen LogP contribution in [-0.2, 0) is 19.4 Å². The van der Waals surface area contributed by atoms with Crippen molar-refractivity contribution in [2.45, 2.75) is 74.5 Å². The lowest BCUT2D eigenvalue weighted by Crippen LogP contribution is -2.39. The molecule has 0 radical (unpaired) electrons. The highest BCUT2D eigenvalue weighted by molar-refractivity contribution is 7.92. The van der Waals surface area contributed by atoms with E-state index in [2.05, 4.69) is 0 Å². The molecule has 0 bridgehead atoms. The Balaban J connectivity index is 1.97. The van der Waals surface area contributed by atoms with Crippen molar-refractivity contribution in [3.63, 3.8) is 0 Å². The molecule has 6 nitrogen and oxygen atoms in total. The first-order chi connectivity index (χ1) is 14.2. The summed E-state index contributed by atoms with van der Waals surface area (Å²) in [7, 11) is -3.95. The van der Waals surface area contributed by atoms with Gasteiger partial charge in [-0.2, -0.15) is 0 Å². The van der Waals surface area contributed by atoms with Crippen LogP contribution in [-0.4, -0.2) is 41.7 Å². The van der Waals surface area contributed by atoms with Crippen molar-refractivity contribution in [1.29, 1.82) is 0 Å². The third-order valence-electron chi connectivity index (χ3n) is 6.75. The van der Waals surface area contributed by atoms with E-state index in [-0.39, 0.29) is 35.9 Å². The van der Waals surface area contributed by atoms with Crippen molar-refractivity contribution in [3.05, 3.63) is 42.0 Å². The molecule has 7 heteroatoms. The first-order valence-electron chi connectivity index (χ1n) is 10.6. The number of ketones is 1. The number of sulfone groups is 1. The second kappa shape index (κ2) is 9.02. The molecule has 0 amide bonds. The van der Waals surface area contributed by atoms with E-state index in [9.17, 15) is 28.2 Å². The number of aliphatic hydroxyl groups excluding tert-OH is 1. The fraction of sp³-hybridized carbons (Fsp3) is 0.565. The molecule has 3 rings (SSSR count). The molecule has 1 aromatic rings. The molecule has 1 aromatic carbocycles. The Hall–Kier alpha value is -1.99. The molecule has 164 valence electrons. The zero-order chi connectivity index (χ0) is 21.9. The van der Waals surface area contributed by atoms with E-state index in [0.29, 0.717) is 18.4 Å². The maximum atomic E-state index is 13.5. The van der Waals surface area contributed by atoms with Crippen molar-refractivity contribution < 1.29 is 28.2 Å². The number of rotatable bonds is 8. The normalized spacial score (nSPS) is 26.2. The molecule has 2 aliphatic rings. The highest BCUT2D eigenvalue weighted by Gasteiger charge is 2.46. The van der Waals surface area contributed by atoms with E-state index in [0.717, 1.165) is 19.3 Å². The molecule has 30 heavy (non-hydrogen) atoms. The van der Waals surface area contributed by atoms with Gasteiger partial charge in [0.1, 0.15) is 5.25 Å². The molecule has 0 heterocycles. The minimum atomic E-state index is -3.95. The monoisotopic (exact) mass is 434 g/mol. The molecule has 0 spiro atoms. The van der Waals surface area contributed by atoms with Crippen molar-refractivity contribution in [2.75, 3.05) is 0 Å². The Labute approximate surface area is 177 Å². The van der Waals surface area contributed by atoms with Crippen molar-refractivity contribution in [3.8, 4) is 0 Å². The van der Waals surface area contributed by atoms with Crippen LogP contribution in [0, 0.1) is 11.3 Å². The summed E-state index contributed by atoms with van der Waals surface area (Å²) in [6.45, 7) is 1.64. The highest BCUT2D eigenvalue weighted by atomic mass is 32.2. The molecular weight excluding hydrogens is 404 g/mol. The molecular formula is C23H30O6S. The Bertz CT molecular complexity index is 914. The van der Waals surface area contributed by atoms with Gasteiger partial charge >= 0.3 is 5.97 Å². The van der Waals surface area contributed by atoms with Crippen molar-refractivity contribution in [2.24, 2.45) is 11.3 Å². The molecule has 0 saturated heterocycles. The van der Waals surface area contributed by atoms with Gasteiger partial charge in [0.2, 0.25) is 0 Å². The Kier molecular flexibility index (Phi) is 6.82. The highest BCUT2D eigenvalue weighted by Crippen LogP contribution is 2.45. The summed E-state index contributed by atoms with van der Waals surface area (Å²) in [6, 6.07) is 7.96. The predicted octanol–water partition coefficient (Wildman–Crippen LogP) is 3.54. The van der Waals surface area contributed by atoms with E-state index in [4.69, 9.17) is 0 Å². The molecule has 0 aromatic heterocycles. The zero-order valence-corrected chi connectivity index (χ0v) is 18.1. The molecule has 0 aliphatic heterocycles. The van der Waals surface area contributed by atoms with Crippen molar-refractivity contribution in [1.82, 2.24) is 0 Å². The Morgan fingerprint density at radius 3 is 2.37 bits per heavy atom. The number of carbonyl (C=O) groups is 2. The van der Waals surface area contributed by atoms with Crippen LogP contribution in [0.5, 0.6) is 0 Å². The quantitative estimate of drug-likeness (QED) is 0.606. The van der Waals surface area contributed by atoms with E-state index >= 15 is 0 Å². The van der Waals surface area contributed by atoms with Gasteiger partial charge in [-0.1, -0.05) is 56.0 Å². The number of benzene rings is 1.